The molecule has 0 spiro atoms. The Morgan fingerprint density at radius 1 is 1.25 bits per heavy atom. The maximum absolute atomic E-state index is 12.2. The zero-order valence-corrected chi connectivity index (χ0v) is 19.0. The summed E-state index contributed by atoms with van der Waals surface area (Å²) >= 11 is 6.21. The first-order chi connectivity index (χ1) is 13.2. The number of hydrogen-bond acceptors (Lipinski definition) is 4. The average Bonchev–Trinajstić information content (AvgIpc) is 2.64. The van der Waals surface area contributed by atoms with Crippen LogP contribution in [0.4, 0.5) is 0 Å². The molecule has 4 nitrogen and oxygen atoms in total. The van der Waals surface area contributed by atoms with Crippen molar-refractivity contribution in [2.24, 2.45) is 5.92 Å². The molecule has 5 heteroatoms. The molecule has 28 heavy (non-hydrogen) atoms. The summed E-state index contributed by atoms with van der Waals surface area (Å²) < 4.78 is 5.51. The van der Waals surface area contributed by atoms with Crippen LogP contribution in [0.2, 0.25) is 5.02 Å². The minimum atomic E-state index is -0.706. The number of esters is 1. The van der Waals surface area contributed by atoms with Crippen molar-refractivity contribution in [3.63, 3.8) is 0 Å². The highest BCUT2D eigenvalue weighted by atomic mass is 35.5. The Hall–Kier alpha value is -1.10. The van der Waals surface area contributed by atoms with Crippen molar-refractivity contribution in [1.82, 2.24) is 4.90 Å². The lowest BCUT2D eigenvalue weighted by Gasteiger charge is -2.37. The maximum atomic E-state index is 12.2. The lowest BCUT2D eigenvalue weighted by Crippen LogP contribution is -2.45. The highest BCUT2D eigenvalue weighted by Crippen LogP contribution is 2.26. The van der Waals surface area contributed by atoms with Crippen LogP contribution in [-0.4, -0.2) is 41.2 Å². The summed E-state index contributed by atoms with van der Waals surface area (Å²) in [6.45, 7) is 12.0. The highest BCUT2D eigenvalue weighted by Gasteiger charge is 2.26. The molecule has 0 aliphatic heterocycles. The Balaban J connectivity index is 2.58. The SMILES string of the molecule is CCCCC(CC)COC(=O)CCN(CC(O)c1ccccc1Cl)C(C)(C)C. The molecular weight excluding hydrogens is 374 g/mol. The van der Waals surface area contributed by atoms with E-state index in [0.29, 0.717) is 42.6 Å². The van der Waals surface area contributed by atoms with E-state index in [1.807, 2.05) is 18.2 Å². The summed E-state index contributed by atoms with van der Waals surface area (Å²) in [4.78, 5) is 14.4. The summed E-state index contributed by atoms with van der Waals surface area (Å²) in [7, 11) is 0. The van der Waals surface area contributed by atoms with Crippen molar-refractivity contribution in [3.8, 4) is 0 Å². The van der Waals surface area contributed by atoms with E-state index >= 15 is 0 Å². The molecule has 0 aliphatic carbocycles. The number of β-amino-alcohol motifs (C(OH)–C–C–N with tert-alkyl or cyclic N) is 1. The van der Waals surface area contributed by atoms with E-state index in [9.17, 15) is 9.90 Å². The van der Waals surface area contributed by atoms with Crippen molar-refractivity contribution < 1.29 is 14.6 Å². The molecule has 0 saturated carbocycles. The molecule has 0 amide bonds. The number of carbonyl (C=O) groups excluding carboxylic acids is 1. The molecule has 160 valence electrons. The van der Waals surface area contributed by atoms with Crippen molar-refractivity contribution >= 4 is 17.6 Å². The van der Waals surface area contributed by atoms with Gasteiger partial charge in [-0.15, -0.1) is 0 Å². The zero-order chi connectivity index (χ0) is 21.2. The van der Waals surface area contributed by atoms with E-state index < -0.39 is 6.10 Å². The summed E-state index contributed by atoms with van der Waals surface area (Å²) in [5.41, 5.74) is 0.526. The Morgan fingerprint density at radius 3 is 2.50 bits per heavy atom. The second-order valence-electron chi connectivity index (χ2n) is 8.50. The molecule has 0 bridgehead atoms. The topological polar surface area (TPSA) is 49.8 Å². The molecule has 0 aromatic heterocycles. The van der Waals surface area contributed by atoms with Gasteiger partial charge in [-0.1, -0.05) is 62.9 Å². The molecule has 0 heterocycles. The van der Waals surface area contributed by atoms with Gasteiger partial charge in [-0.2, -0.15) is 0 Å². The summed E-state index contributed by atoms with van der Waals surface area (Å²) in [6.07, 6.45) is 4.09. The van der Waals surface area contributed by atoms with E-state index in [1.54, 1.807) is 6.07 Å². The number of halogens is 1. The number of rotatable bonds is 12. The Bertz CT molecular complexity index is 585. The van der Waals surface area contributed by atoms with Gasteiger partial charge in [0.1, 0.15) is 0 Å². The van der Waals surface area contributed by atoms with E-state index in [4.69, 9.17) is 16.3 Å². The fourth-order valence-corrected chi connectivity index (χ4v) is 3.42. The lowest BCUT2D eigenvalue weighted by molar-refractivity contribution is -0.145. The third-order valence-corrected chi connectivity index (χ3v) is 5.56. The average molecular weight is 412 g/mol. The number of aliphatic hydroxyl groups excluding tert-OH is 1. The number of carbonyl (C=O) groups is 1. The fourth-order valence-electron chi connectivity index (χ4n) is 3.16. The van der Waals surface area contributed by atoms with Crippen LogP contribution in [0.15, 0.2) is 24.3 Å². The molecule has 1 aromatic carbocycles. The number of nitrogens with zero attached hydrogens (tertiary/aromatic N) is 1. The van der Waals surface area contributed by atoms with Gasteiger partial charge in [0.15, 0.2) is 0 Å². The molecule has 1 N–H and O–H groups in total. The summed E-state index contributed by atoms with van der Waals surface area (Å²) in [5.74, 6) is 0.279. The first-order valence-corrected chi connectivity index (χ1v) is 10.9. The maximum Gasteiger partial charge on any atom is 0.307 e. The van der Waals surface area contributed by atoms with Crippen LogP contribution in [0.3, 0.4) is 0 Å². The molecule has 0 saturated heterocycles. The van der Waals surface area contributed by atoms with Gasteiger partial charge in [-0.3, -0.25) is 9.69 Å². The normalized spacial score (nSPS) is 14.1. The molecule has 1 rings (SSSR count). The van der Waals surface area contributed by atoms with Gasteiger partial charge in [0.25, 0.3) is 0 Å². The molecule has 0 aliphatic rings. The van der Waals surface area contributed by atoms with Crippen LogP contribution in [0.25, 0.3) is 0 Å². The second kappa shape index (κ2) is 12.5. The molecule has 1 aromatic rings. The minimum absolute atomic E-state index is 0.170. The predicted molar refractivity (Wildman–Crippen MR) is 117 cm³/mol. The lowest BCUT2D eigenvalue weighted by atomic mass is 10.0. The molecular formula is C23H38ClNO3. The summed E-state index contributed by atoms with van der Waals surface area (Å²) in [5, 5.41) is 11.2. The third kappa shape index (κ3) is 8.93. The first-order valence-electron chi connectivity index (χ1n) is 10.5. The van der Waals surface area contributed by atoms with Crippen LogP contribution in [0.1, 0.15) is 78.4 Å². The van der Waals surface area contributed by atoms with Crippen molar-refractivity contribution in [3.05, 3.63) is 34.9 Å². The quantitative estimate of drug-likeness (QED) is 0.453. The number of hydrogen-bond donors (Lipinski definition) is 1. The van der Waals surface area contributed by atoms with E-state index in [2.05, 4.69) is 39.5 Å². The Labute approximate surface area is 176 Å². The smallest absolute Gasteiger partial charge is 0.307 e. The number of aliphatic hydroxyl groups is 1. The highest BCUT2D eigenvalue weighted by molar-refractivity contribution is 6.31. The van der Waals surface area contributed by atoms with E-state index in [-0.39, 0.29) is 11.5 Å². The van der Waals surface area contributed by atoms with Crippen molar-refractivity contribution in [2.45, 2.75) is 78.4 Å². The Morgan fingerprint density at radius 2 is 1.93 bits per heavy atom. The third-order valence-electron chi connectivity index (χ3n) is 5.22. The molecule has 0 fully saturated rings. The van der Waals surface area contributed by atoms with Gasteiger partial charge in [0.2, 0.25) is 0 Å². The van der Waals surface area contributed by atoms with Crippen LogP contribution in [-0.2, 0) is 9.53 Å². The van der Waals surface area contributed by atoms with Crippen molar-refractivity contribution in [1.29, 1.82) is 0 Å². The largest absolute Gasteiger partial charge is 0.465 e. The van der Waals surface area contributed by atoms with Crippen LogP contribution < -0.4 is 0 Å². The first kappa shape index (κ1) is 24.9. The fraction of sp³-hybridized carbons (Fsp3) is 0.696. The van der Waals surface area contributed by atoms with Crippen LogP contribution >= 0.6 is 11.6 Å². The van der Waals surface area contributed by atoms with E-state index in [1.165, 1.54) is 12.8 Å². The molecule has 2 atom stereocenters. The van der Waals surface area contributed by atoms with Crippen LogP contribution in [0, 0.1) is 5.92 Å². The van der Waals surface area contributed by atoms with Gasteiger partial charge in [0.05, 0.1) is 19.1 Å². The van der Waals surface area contributed by atoms with Gasteiger partial charge >= 0.3 is 5.97 Å². The predicted octanol–water partition coefficient (Wildman–Crippen LogP) is 5.62. The monoisotopic (exact) mass is 411 g/mol. The number of benzene rings is 1. The molecule has 2 unspecified atom stereocenters. The summed E-state index contributed by atoms with van der Waals surface area (Å²) in [6, 6.07) is 7.33. The van der Waals surface area contributed by atoms with Crippen molar-refractivity contribution in [2.75, 3.05) is 19.7 Å². The van der Waals surface area contributed by atoms with Gasteiger partial charge in [-0.05, 0) is 39.2 Å². The molecule has 0 radical (unpaired) electrons. The standard InChI is InChI=1S/C23H38ClNO3/c1-6-8-11-18(7-2)17-28-22(27)14-15-25(23(3,4)5)16-21(26)19-12-9-10-13-20(19)24/h9-10,12-13,18,21,26H,6-8,11,14-17H2,1-5H3. The zero-order valence-electron chi connectivity index (χ0n) is 18.2. The van der Waals surface area contributed by atoms with Gasteiger partial charge in [-0.25, -0.2) is 0 Å². The second-order valence-corrected chi connectivity index (χ2v) is 8.91. The van der Waals surface area contributed by atoms with Gasteiger partial charge in [0, 0.05) is 29.2 Å². The number of unbranched alkanes of at least 4 members (excludes halogenated alkanes) is 1. The van der Waals surface area contributed by atoms with Gasteiger partial charge < -0.3 is 9.84 Å². The Kier molecular flexibility index (Phi) is 11.1. The van der Waals surface area contributed by atoms with Crippen LogP contribution in [0.5, 0.6) is 0 Å². The van der Waals surface area contributed by atoms with E-state index in [0.717, 1.165) is 12.8 Å². The minimum Gasteiger partial charge on any atom is -0.465 e. The number of ether oxygens (including phenoxy) is 1.